The zero-order valence-corrected chi connectivity index (χ0v) is 13.4. The number of hydrogen-bond donors (Lipinski definition) is 2. The van der Waals surface area contributed by atoms with E-state index in [1.807, 2.05) is 0 Å². The van der Waals surface area contributed by atoms with Crippen molar-refractivity contribution in [2.75, 3.05) is 14.2 Å². The molecule has 0 aromatic heterocycles. The topological polar surface area (TPSA) is 93.1 Å². The fourth-order valence-electron chi connectivity index (χ4n) is 2.67. The maximum Gasteiger partial charge on any atom is 0.319 e. The summed E-state index contributed by atoms with van der Waals surface area (Å²) in [5.74, 6) is -1.32. The number of rotatable bonds is 7. The van der Waals surface area contributed by atoms with Gasteiger partial charge in [-0.1, -0.05) is 24.3 Å². The summed E-state index contributed by atoms with van der Waals surface area (Å²) in [7, 11) is 3.00. The SMILES string of the molecule is COc1ccc(C(CC(=O)O)(C(=O)O)c2ccc(OC)cc2)cc1. The second-order valence-corrected chi connectivity index (χ2v) is 5.24. The molecule has 0 aliphatic carbocycles. The van der Waals surface area contributed by atoms with Crippen molar-refractivity contribution in [1.82, 2.24) is 0 Å². The van der Waals surface area contributed by atoms with Crippen LogP contribution in [0.5, 0.6) is 11.5 Å². The predicted molar refractivity (Wildman–Crippen MR) is 86.7 cm³/mol. The first-order valence-corrected chi connectivity index (χ1v) is 7.18. The van der Waals surface area contributed by atoms with Gasteiger partial charge in [0.15, 0.2) is 0 Å². The molecule has 0 radical (unpaired) electrons. The van der Waals surface area contributed by atoms with Gasteiger partial charge in [0, 0.05) is 0 Å². The van der Waals surface area contributed by atoms with Crippen LogP contribution >= 0.6 is 0 Å². The molecule has 0 atom stereocenters. The van der Waals surface area contributed by atoms with E-state index in [-0.39, 0.29) is 0 Å². The maximum atomic E-state index is 12.1. The first-order valence-electron chi connectivity index (χ1n) is 7.18. The quantitative estimate of drug-likeness (QED) is 0.810. The molecule has 24 heavy (non-hydrogen) atoms. The van der Waals surface area contributed by atoms with Gasteiger partial charge in [-0.2, -0.15) is 0 Å². The fraction of sp³-hybridized carbons (Fsp3) is 0.222. The van der Waals surface area contributed by atoms with Crippen molar-refractivity contribution < 1.29 is 29.3 Å². The summed E-state index contributed by atoms with van der Waals surface area (Å²) >= 11 is 0. The van der Waals surface area contributed by atoms with Crippen molar-refractivity contribution in [3.8, 4) is 11.5 Å². The van der Waals surface area contributed by atoms with E-state index in [2.05, 4.69) is 0 Å². The number of benzene rings is 2. The number of methoxy groups -OCH3 is 2. The van der Waals surface area contributed by atoms with E-state index in [9.17, 15) is 19.8 Å². The molecule has 6 heteroatoms. The van der Waals surface area contributed by atoms with Crippen LogP contribution in [0.3, 0.4) is 0 Å². The van der Waals surface area contributed by atoms with Crippen LogP contribution in [0.25, 0.3) is 0 Å². The van der Waals surface area contributed by atoms with Crippen LogP contribution in [0.2, 0.25) is 0 Å². The van der Waals surface area contributed by atoms with Crippen LogP contribution < -0.4 is 9.47 Å². The van der Waals surface area contributed by atoms with Gasteiger partial charge in [0.2, 0.25) is 0 Å². The van der Waals surface area contributed by atoms with Gasteiger partial charge in [0.1, 0.15) is 16.9 Å². The molecule has 0 saturated carbocycles. The van der Waals surface area contributed by atoms with Gasteiger partial charge in [-0.3, -0.25) is 9.59 Å². The van der Waals surface area contributed by atoms with E-state index in [1.165, 1.54) is 14.2 Å². The maximum absolute atomic E-state index is 12.1. The molecule has 0 fully saturated rings. The van der Waals surface area contributed by atoms with Crippen molar-refractivity contribution >= 4 is 11.9 Å². The molecule has 2 aromatic carbocycles. The summed E-state index contributed by atoms with van der Waals surface area (Å²) in [5, 5.41) is 19.2. The lowest BCUT2D eigenvalue weighted by Gasteiger charge is -2.29. The van der Waals surface area contributed by atoms with Gasteiger partial charge in [0.25, 0.3) is 0 Å². The van der Waals surface area contributed by atoms with Gasteiger partial charge in [0.05, 0.1) is 20.6 Å². The molecule has 0 heterocycles. The molecule has 0 saturated heterocycles. The Labute approximate surface area is 139 Å². The van der Waals surface area contributed by atoms with E-state index < -0.39 is 23.8 Å². The molecule has 6 nitrogen and oxygen atoms in total. The monoisotopic (exact) mass is 330 g/mol. The predicted octanol–water partition coefficient (Wildman–Crippen LogP) is 2.55. The minimum Gasteiger partial charge on any atom is -0.497 e. The average Bonchev–Trinajstić information content (AvgIpc) is 2.59. The minimum absolute atomic E-state index is 0.364. The zero-order chi connectivity index (χ0) is 17.7. The van der Waals surface area contributed by atoms with Gasteiger partial charge in [-0.25, -0.2) is 0 Å². The van der Waals surface area contributed by atoms with Crippen molar-refractivity contribution in [3.05, 3.63) is 59.7 Å². The number of carboxylic acids is 2. The summed E-state index contributed by atoms with van der Waals surface area (Å²) in [5.41, 5.74) is -0.976. The second kappa shape index (κ2) is 7.04. The van der Waals surface area contributed by atoms with Crippen LogP contribution in [0.4, 0.5) is 0 Å². The number of carboxylic acid groups (broad SMARTS) is 2. The highest BCUT2D eigenvalue weighted by Gasteiger charge is 2.44. The molecule has 0 aliphatic rings. The summed E-state index contributed by atoms with van der Waals surface area (Å²) < 4.78 is 10.2. The molecule has 2 N–H and O–H groups in total. The third-order valence-electron chi connectivity index (χ3n) is 3.95. The van der Waals surface area contributed by atoms with Crippen molar-refractivity contribution in [2.24, 2.45) is 0 Å². The average molecular weight is 330 g/mol. The van der Waals surface area contributed by atoms with E-state index >= 15 is 0 Å². The molecule has 0 aliphatic heterocycles. The largest absolute Gasteiger partial charge is 0.497 e. The lowest BCUT2D eigenvalue weighted by molar-refractivity contribution is -0.148. The van der Waals surface area contributed by atoms with Crippen LogP contribution in [0.1, 0.15) is 17.5 Å². The lowest BCUT2D eigenvalue weighted by atomic mass is 9.72. The van der Waals surface area contributed by atoms with Gasteiger partial charge in [-0.05, 0) is 35.4 Å². The Bertz CT molecular complexity index is 671. The molecule has 2 aromatic rings. The smallest absolute Gasteiger partial charge is 0.319 e. The lowest BCUT2D eigenvalue weighted by Crippen LogP contribution is -2.39. The Hall–Kier alpha value is -3.02. The molecular formula is C18H18O6. The van der Waals surface area contributed by atoms with E-state index in [0.29, 0.717) is 22.6 Å². The molecule has 0 unspecified atom stereocenters. The Balaban J connectivity index is 2.65. The van der Waals surface area contributed by atoms with Crippen molar-refractivity contribution in [2.45, 2.75) is 11.8 Å². The summed E-state index contributed by atoms with van der Waals surface area (Å²) in [4.78, 5) is 23.5. The Morgan fingerprint density at radius 3 is 1.46 bits per heavy atom. The number of aliphatic carboxylic acids is 2. The van der Waals surface area contributed by atoms with Gasteiger partial charge < -0.3 is 19.7 Å². The number of ether oxygens (including phenoxy) is 2. The summed E-state index contributed by atoms with van der Waals surface area (Å²) in [6, 6.07) is 12.7. The molecular weight excluding hydrogens is 312 g/mol. The summed E-state index contributed by atoms with van der Waals surface area (Å²) in [6.45, 7) is 0. The van der Waals surface area contributed by atoms with Crippen LogP contribution in [0.15, 0.2) is 48.5 Å². The number of carbonyl (C=O) groups is 2. The van der Waals surface area contributed by atoms with Gasteiger partial charge in [-0.15, -0.1) is 0 Å². The summed E-state index contributed by atoms with van der Waals surface area (Å²) in [6.07, 6.45) is -0.582. The van der Waals surface area contributed by atoms with Crippen LogP contribution in [-0.4, -0.2) is 36.4 Å². The Morgan fingerprint density at radius 2 is 1.21 bits per heavy atom. The standard InChI is InChI=1S/C18H18O6/c1-23-14-7-3-12(4-8-14)18(17(21)22,11-16(19)20)13-5-9-15(24-2)10-6-13/h3-10H,11H2,1-2H3,(H,19,20)(H,21,22). The van der Waals surface area contributed by atoms with E-state index in [1.54, 1.807) is 48.5 Å². The third kappa shape index (κ3) is 3.17. The van der Waals surface area contributed by atoms with E-state index in [4.69, 9.17) is 9.47 Å². The fourth-order valence-corrected chi connectivity index (χ4v) is 2.67. The van der Waals surface area contributed by atoms with Crippen LogP contribution in [-0.2, 0) is 15.0 Å². The Morgan fingerprint density at radius 1 is 0.833 bits per heavy atom. The highest BCUT2D eigenvalue weighted by molar-refractivity contribution is 5.91. The first kappa shape index (κ1) is 17.3. The van der Waals surface area contributed by atoms with Crippen LogP contribution in [0, 0.1) is 0 Å². The zero-order valence-electron chi connectivity index (χ0n) is 13.4. The van der Waals surface area contributed by atoms with E-state index in [0.717, 1.165) is 0 Å². The molecule has 0 amide bonds. The number of hydrogen-bond acceptors (Lipinski definition) is 4. The molecule has 2 rings (SSSR count). The second-order valence-electron chi connectivity index (χ2n) is 5.24. The van der Waals surface area contributed by atoms with Crippen molar-refractivity contribution in [3.63, 3.8) is 0 Å². The molecule has 0 bridgehead atoms. The normalized spacial score (nSPS) is 10.9. The third-order valence-corrected chi connectivity index (χ3v) is 3.95. The highest BCUT2D eigenvalue weighted by Crippen LogP contribution is 2.37. The molecule has 126 valence electrons. The minimum atomic E-state index is -1.70. The van der Waals surface area contributed by atoms with Gasteiger partial charge >= 0.3 is 11.9 Å². The Kier molecular flexibility index (Phi) is 5.08. The molecule has 0 spiro atoms. The first-order chi connectivity index (χ1) is 11.4. The van der Waals surface area contributed by atoms with Crippen molar-refractivity contribution in [1.29, 1.82) is 0 Å². The highest BCUT2D eigenvalue weighted by atomic mass is 16.5.